The molecule has 94 valence electrons. The van der Waals surface area contributed by atoms with Gasteiger partial charge in [0.25, 0.3) is 0 Å². The molecule has 1 atom stereocenters. The number of rotatable bonds is 4. The summed E-state index contributed by atoms with van der Waals surface area (Å²) in [5.41, 5.74) is 10.2. The summed E-state index contributed by atoms with van der Waals surface area (Å²) in [6.07, 6.45) is 1.90. The van der Waals surface area contributed by atoms with E-state index >= 15 is 0 Å². The minimum atomic E-state index is 0.0652. The molecule has 0 aliphatic heterocycles. The molecule has 0 aromatic heterocycles. The number of halogens is 1. The molecule has 0 bridgehead atoms. The SMILES string of the molecule is CCc1ccccc1C(N)Cc1cccc(Br)c1. The monoisotopic (exact) mass is 303 g/mol. The normalized spacial score (nSPS) is 12.4. The van der Waals surface area contributed by atoms with Crippen molar-refractivity contribution in [2.45, 2.75) is 25.8 Å². The molecule has 0 heterocycles. The van der Waals surface area contributed by atoms with Gasteiger partial charge >= 0.3 is 0 Å². The van der Waals surface area contributed by atoms with Crippen molar-refractivity contribution >= 4 is 15.9 Å². The first-order valence-electron chi connectivity index (χ1n) is 6.28. The summed E-state index contributed by atoms with van der Waals surface area (Å²) in [5.74, 6) is 0. The average molecular weight is 304 g/mol. The molecule has 0 spiro atoms. The molecule has 2 N–H and O–H groups in total. The Labute approximate surface area is 117 Å². The summed E-state index contributed by atoms with van der Waals surface area (Å²) in [4.78, 5) is 0. The van der Waals surface area contributed by atoms with Crippen molar-refractivity contribution < 1.29 is 0 Å². The van der Waals surface area contributed by atoms with Crippen LogP contribution in [0.3, 0.4) is 0 Å². The van der Waals surface area contributed by atoms with Gasteiger partial charge in [0, 0.05) is 10.5 Å². The largest absolute Gasteiger partial charge is 0.324 e. The molecule has 0 amide bonds. The minimum Gasteiger partial charge on any atom is -0.324 e. The van der Waals surface area contributed by atoms with E-state index < -0.39 is 0 Å². The number of benzene rings is 2. The Morgan fingerprint density at radius 3 is 2.61 bits per heavy atom. The topological polar surface area (TPSA) is 26.0 Å². The molecule has 1 nitrogen and oxygen atoms in total. The standard InChI is InChI=1S/C16H18BrN/c1-2-13-7-3-4-9-15(13)16(18)11-12-6-5-8-14(17)10-12/h3-10,16H,2,11,18H2,1H3. The van der Waals surface area contributed by atoms with Crippen LogP contribution in [0.2, 0.25) is 0 Å². The number of nitrogens with two attached hydrogens (primary N) is 1. The average Bonchev–Trinajstić information content (AvgIpc) is 2.38. The number of hydrogen-bond donors (Lipinski definition) is 1. The first kappa shape index (κ1) is 13.3. The summed E-state index contributed by atoms with van der Waals surface area (Å²) in [6, 6.07) is 16.9. The second kappa shape index (κ2) is 6.17. The maximum absolute atomic E-state index is 6.34. The Kier molecular flexibility index (Phi) is 4.56. The van der Waals surface area contributed by atoms with Crippen LogP contribution in [0.5, 0.6) is 0 Å². The zero-order valence-electron chi connectivity index (χ0n) is 10.6. The van der Waals surface area contributed by atoms with E-state index in [1.165, 1.54) is 16.7 Å². The Morgan fingerprint density at radius 2 is 1.89 bits per heavy atom. The van der Waals surface area contributed by atoms with E-state index in [0.29, 0.717) is 0 Å². The summed E-state index contributed by atoms with van der Waals surface area (Å²) in [7, 11) is 0. The Hall–Kier alpha value is -1.12. The lowest BCUT2D eigenvalue weighted by molar-refractivity contribution is 0.712. The van der Waals surface area contributed by atoms with Crippen LogP contribution >= 0.6 is 15.9 Å². The zero-order chi connectivity index (χ0) is 13.0. The van der Waals surface area contributed by atoms with Crippen LogP contribution in [0.1, 0.15) is 29.7 Å². The third-order valence-corrected chi connectivity index (χ3v) is 3.67. The zero-order valence-corrected chi connectivity index (χ0v) is 12.2. The van der Waals surface area contributed by atoms with Gasteiger partial charge in [-0.25, -0.2) is 0 Å². The van der Waals surface area contributed by atoms with E-state index in [4.69, 9.17) is 5.73 Å². The molecule has 2 rings (SSSR count). The first-order chi connectivity index (χ1) is 8.70. The molecule has 18 heavy (non-hydrogen) atoms. The lowest BCUT2D eigenvalue weighted by Gasteiger charge is -2.16. The lowest BCUT2D eigenvalue weighted by Crippen LogP contribution is -2.15. The van der Waals surface area contributed by atoms with Crippen molar-refractivity contribution in [3.8, 4) is 0 Å². The van der Waals surface area contributed by atoms with E-state index in [0.717, 1.165) is 17.3 Å². The number of hydrogen-bond acceptors (Lipinski definition) is 1. The predicted molar refractivity (Wildman–Crippen MR) is 80.6 cm³/mol. The van der Waals surface area contributed by atoms with Crippen molar-refractivity contribution in [2.24, 2.45) is 5.73 Å². The fourth-order valence-electron chi connectivity index (χ4n) is 2.25. The van der Waals surface area contributed by atoms with E-state index in [-0.39, 0.29) is 6.04 Å². The van der Waals surface area contributed by atoms with Crippen LogP contribution in [-0.4, -0.2) is 0 Å². The first-order valence-corrected chi connectivity index (χ1v) is 7.08. The predicted octanol–water partition coefficient (Wildman–Crippen LogP) is 4.25. The molecule has 0 fully saturated rings. The van der Waals surface area contributed by atoms with Gasteiger partial charge in [-0.3, -0.25) is 0 Å². The van der Waals surface area contributed by atoms with Gasteiger partial charge in [-0.2, -0.15) is 0 Å². The number of aryl methyl sites for hydroxylation is 1. The Balaban J connectivity index is 2.19. The fourth-order valence-corrected chi connectivity index (χ4v) is 2.69. The summed E-state index contributed by atoms with van der Waals surface area (Å²) in [5, 5.41) is 0. The van der Waals surface area contributed by atoms with Crippen LogP contribution in [0.25, 0.3) is 0 Å². The highest BCUT2D eigenvalue weighted by Gasteiger charge is 2.10. The second-order valence-corrected chi connectivity index (χ2v) is 5.41. The van der Waals surface area contributed by atoms with Crippen molar-refractivity contribution in [2.75, 3.05) is 0 Å². The third kappa shape index (κ3) is 3.21. The molecule has 0 saturated heterocycles. The molecule has 2 heteroatoms. The van der Waals surface area contributed by atoms with Crippen molar-refractivity contribution in [3.63, 3.8) is 0 Å². The van der Waals surface area contributed by atoms with Gasteiger partial charge in [0.15, 0.2) is 0 Å². The van der Waals surface area contributed by atoms with Crippen LogP contribution in [0, 0.1) is 0 Å². The molecule has 2 aromatic carbocycles. The molecular weight excluding hydrogens is 286 g/mol. The Bertz CT molecular complexity index is 522. The molecule has 0 aliphatic rings. The van der Waals surface area contributed by atoms with E-state index in [9.17, 15) is 0 Å². The van der Waals surface area contributed by atoms with Gasteiger partial charge < -0.3 is 5.73 Å². The smallest absolute Gasteiger partial charge is 0.0338 e. The van der Waals surface area contributed by atoms with Crippen LogP contribution in [0.15, 0.2) is 53.0 Å². The van der Waals surface area contributed by atoms with E-state index in [1.807, 2.05) is 6.07 Å². The van der Waals surface area contributed by atoms with Crippen molar-refractivity contribution in [1.29, 1.82) is 0 Å². The van der Waals surface area contributed by atoms with Crippen LogP contribution in [0.4, 0.5) is 0 Å². The molecule has 0 aliphatic carbocycles. The van der Waals surface area contributed by atoms with Gasteiger partial charge in [0.2, 0.25) is 0 Å². The van der Waals surface area contributed by atoms with Crippen LogP contribution < -0.4 is 5.73 Å². The molecule has 1 unspecified atom stereocenters. The summed E-state index contributed by atoms with van der Waals surface area (Å²) < 4.78 is 1.11. The molecule has 0 saturated carbocycles. The van der Waals surface area contributed by atoms with Crippen LogP contribution in [-0.2, 0) is 12.8 Å². The van der Waals surface area contributed by atoms with E-state index in [1.54, 1.807) is 0 Å². The fraction of sp³-hybridized carbons (Fsp3) is 0.250. The van der Waals surface area contributed by atoms with Gasteiger partial charge in [-0.15, -0.1) is 0 Å². The maximum atomic E-state index is 6.34. The van der Waals surface area contributed by atoms with Gasteiger partial charge in [-0.1, -0.05) is 59.3 Å². The summed E-state index contributed by atoms with van der Waals surface area (Å²) in [6.45, 7) is 2.17. The van der Waals surface area contributed by atoms with Gasteiger partial charge in [0.1, 0.15) is 0 Å². The second-order valence-electron chi connectivity index (χ2n) is 4.49. The molecule has 2 aromatic rings. The highest BCUT2D eigenvalue weighted by atomic mass is 79.9. The van der Waals surface area contributed by atoms with Gasteiger partial charge in [-0.05, 0) is 41.7 Å². The highest BCUT2D eigenvalue weighted by molar-refractivity contribution is 9.10. The minimum absolute atomic E-state index is 0.0652. The third-order valence-electron chi connectivity index (χ3n) is 3.18. The Morgan fingerprint density at radius 1 is 1.11 bits per heavy atom. The summed E-state index contributed by atoms with van der Waals surface area (Å²) >= 11 is 3.50. The molecular formula is C16H18BrN. The lowest BCUT2D eigenvalue weighted by atomic mass is 9.94. The van der Waals surface area contributed by atoms with Crippen molar-refractivity contribution in [1.82, 2.24) is 0 Å². The quantitative estimate of drug-likeness (QED) is 0.897. The maximum Gasteiger partial charge on any atom is 0.0338 e. The van der Waals surface area contributed by atoms with E-state index in [2.05, 4.69) is 65.3 Å². The highest BCUT2D eigenvalue weighted by Crippen LogP contribution is 2.22. The van der Waals surface area contributed by atoms with Gasteiger partial charge in [0.05, 0.1) is 0 Å². The molecule has 0 radical (unpaired) electrons. The van der Waals surface area contributed by atoms with Crippen molar-refractivity contribution in [3.05, 3.63) is 69.7 Å².